The lowest BCUT2D eigenvalue weighted by molar-refractivity contribution is -0.125. The maximum Gasteiger partial charge on any atom is 0.238 e. The number of nitrogens with zero attached hydrogens (tertiary/aromatic N) is 3. The van der Waals surface area contributed by atoms with Gasteiger partial charge in [-0.15, -0.1) is 0 Å². The summed E-state index contributed by atoms with van der Waals surface area (Å²) in [7, 11) is 0. The lowest BCUT2D eigenvalue weighted by atomic mass is 9.76. The Morgan fingerprint density at radius 3 is 2.54 bits per heavy atom. The fourth-order valence-corrected chi connectivity index (χ4v) is 5.75. The zero-order valence-corrected chi connectivity index (χ0v) is 20.5. The Balaban J connectivity index is 1.29. The maximum absolute atomic E-state index is 13.1. The van der Waals surface area contributed by atoms with Crippen LogP contribution in [-0.4, -0.2) is 51.7 Å². The molecule has 0 bridgehead atoms. The molecule has 7 heteroatoms. The van der Waals surface area contributed by atoms with Gasteiger partial charge in [0.15, 0.2) is 0 Å². The van der Waals surface area contributed by atoms with Crippen LogP contribution < -0.4 is 10.6 Å². The monoisotopic (exact) mass is 471 g/mol. The molecule has 5 rings (SSSR count). The number of hydrogen-bond acceptors (Lipinski definition) is 4. The number of aromatic nitrogens is 2. The third kappa shape index (κ3) is 4.86. The number of carbonyl (C=O) groups excluding carboxylic acids is 2. The van der Waals surface area contributed by atoms with Crippen LogP contribution >= 0.6 is 0 Å². The van der Waals surface area contributed by atoms with Gasteiger partial charge in [-0.2, -0.15) is 5.10 Å². The SMILES string of the molecule is Cc1nn(Cc2ccccc2)c(C)c1NC(=O)CN1C[C@@H](c2ccccc2)[C@@]2(CCCC(=O)N2)C1. The summed E-state index contributed by atoms with van der Waals surface area (Å²) in [6.45, 7) is 6.28. The second-order valence-corrected chi connectivity index (χ2v) is 9.93. The van der Waals surface area contributed by atoms with Crippen LogP contribution in [0.5, 0.6) is 0 Å². The predicted molar refractivity (Wildman–Crippen MR) is 136 cm³/mol. The molecule has 3 aromatic rings. The van der Waals surface area contributed by atoms with Gasteiger partial charge in [-0.1, -0.05) is 60.7 Å². The fourth-order valence-electron chi connectivity index (χ4n) is 5.75. The summed E-state index contributed by atoms with van der Waals surface area (Å²) < 4.78 is 1.94. The standard InChI is InChI=1S/C28H33N5O2/c1-20-27(21(2)33(31-20)16-22-10-5-3-6-11-22)29-26(35)18-32-17-24(23-12-7-4-8-13-23)28(19-32)15-9-14-25(34)30-28/h3-8,10-13,24H,9,14-19H2,1-2H3,(H,29,35)(H,30,34)/t24-,28+/m0/s1. The van der Waals surface area contributed by atoms with E-state index in [-0.39, 0.29) is 29.8 Å². The van der Waals surface area contributed by atoms with Crippen LogP contribution in [0.15, 0.2) is 60.7 Å². The number of amides is 2. The molecular weight excluding hydrogens is 438 g/mol. The zero-order chi connectivity index (χ0) is 24.4. The number of piperidine rings is 1. The van der Waals surface area contributed by atoms with E-state index >= 15 is 0 Å². The molecule has 1 aromatic heterocycles. The molecule has 2 fully saturated rings. The van der Waals surface area contributed by atoms with Crippen LogP contribution in [0.3, 0.4) is 0 Å². The van der Waals surface area contributed by atoms with Crippen molar-refractivity contribution in [1.82, 2.24) is 20.0 Å². The second-order valence-electron chi connectivity index (χ2n) is 9.93. The molecule has 0 aliphatic carbocycles. The Morgan fingerprint density at radius 2 is 1.83 bits per heavy atom. The minimum absolute atomic E-state index is 0.0542. The number of aryl methyl sites for hydroxylation is 1. The second kappa shape index (κ2) is 9.66. The smallest absolute Gasteiger partial charge is 0.238 e. The molecule has 2 aliphatic heterocycles. The molecule has 3 heterocycles. The first-order valence-corrected chi connectivity index (χ1v) is 12.4. The van der Waals surface area contributed by atoms with Gasteiger partial charge in [0.2, 0.25) is 11.8 Å². The molecule has 2 saturated heterocycles. The van der Waals surface area contributed by atoms with E-state index in [4.69, 9.17) is 0 Å². The van der Waals surface area contributed by atoms with Gasteiger partial charge in [-0.3, -0.25) is 19.2 Å². The maximum atomic E-state index is 13.1. The van der Waals surface area contributed by atoms with Crippen LogP contribution in [-0.2, 0) is 16.1 Å². The molecule has 1 spiro atoms. The first kappa shape index (κ1) is 23.3. The molecule has 0 unspecified atom stereocenters. The molecule has 2 aromatic carbocycles. The van der Waals surface area contributed by atoms with Gasteiger partial charge in [0.05, 0.1) is 35.7 Å². The summed E-state index contributed by atoms with van der Waals surface area (Å²) in [5.41, 5.74) is 4.60. The molecule has 2 atom stereocenters. The van der Waals surface area contributed by atoms with E-state index in [9.17, 15) is 9.59 Å². The third-order valence-electron chi connectivity index (χ3n) is 7.42. The summed E-state index contributed by atoms with van der Waals surface area (Å²) >= 11 is 0. The highest BCUT2D eigenvalue weighted by Gasteiger charge is 2.49. The number of rotatable bonds is 6. The molecule has 2 amide bonds. The predicted octanol–water partition coefficient (Wildman–Crippen LogP) is 3.63. The number of nitrogens with one attached hydrogen (secondary N) is 2. The Hall–Kier alpha value is -3.45. The first-order chi connectivity index (χ1) is 16.9. The number of hydrogen-bond donors (Lipinski definition) is 2. The van der Waals surface area contributed by atoms with Gasteiger partial charge in [-0.25, -0.2) is 0 Å². The highest BCUT2D eigenvalue weighted by Crippen LogP contribution is 2.41. The Labute approximate surface area is 206 Å². The normalized spacial score (nSPS) is 22.3. The van der Waals surface area contributed by atoms with E-state index in [1.165, 1.54) is 11.1 Å². The third-order valence-corrected chi connectivity index (χ3v) is 7.42. The van der Waals surface area contributed by atoms with Crippen LogP contribution in [0.4, 0.5) is 5.69 Å². The first-order valence-electron chi connectivity index (χ1n) is 12.4. The van der Waals surface area contributed by atoms with Crippen molar-refractivity contribution in [2.24, 2.45) is 0 Å². The van der Waals surface area contributed by atoms with Gasteiger partial charge < -0.3 is 10.6 Å². The summed E-state index contributed by atoms with van der Waals surface area (Å²) in [5.74, 6) is 0.222. The number of likely N-dealkylation sites (tertiary alicyclic amines) is 1. The summed E-state index contributed by atoms with van der Waals surface area (Å²) in [4.78, 5) is 27.7. The van der Waals surface area contributed by atoms with E-state index in [0.717, 1.165) is 36.5 Å². The lowest BCUT2D eigenvalue weighted by Gasteiger charge is -2.39. The molecule has 35 heavy (non-hydrogen) atoms. The van der Waals surface area contributed by atoms with Gasteiger partial charge in [0.1, 0.15) is 0 Å². The molecule has 2 N–H and O–H groups in total. The van der Waals surface area contributed by atoms with Crippen LogP contribution in [0.2, 0.25) is 0 Å². The van der Waals surface area contributed by atoms with Gasteiger partial charge in [-0.05, 0) is 37.8 Å². The largest absolute Gasteiger partial charge is 0.349 e. The number of carbonyl (C=O) groups is 2. The Morgan fingerprint density at radius 1 is 1.11 bits per heavy atom. The molecule has 2 aliphatic rings. The quantitative estimate of drug-likeness (QED) is 0.576. The van der Waals surface area contributed by atoms with Crippen molar-refractivity contribution in [3.05, 3.63) is 83.2 Å². The lowest BCUT2D eigenvalue weighted by Crippen LogP contribution is -2.56. The van der Waals surface area contributed by atoms with E-state index in [0.29, 0.717) is 19.5 Å². The molecule has 0 saturated carbocycles. The zero-order valence-electron chi connectivity index (χ0n) is 20.5. The number of benzene rings is 2. The molecular formula is C28H33N5O2. The number of anilines is 1. The van der Waals surface area contributed by atoms with Crippen molar-refractivity contribution < 1.29 is 9.59 Å². The van der Waals surface area contributed by atoms with Crippen molar-refractivity contribution in [1.29, 1.82) is 0 Å². The average Bonchev–Trinajstić information content (AvgIpc) is 3.31. The minimum Gasteiger partial charge on any atom is -0.349 e. The van der Waals surface area contributed by atoms with Crippen molar-refractivity contribution in [2.75, 3.05) is 25.0 Å². The average molecular weight is 472 g/mol. The van der Waals surface area contributed by atoms with Crippen molar-refractivity contribution >= 4 is 17.5 Å². The molecule has 0 radical (unpaired) electrons. The van der Waals surface area contributed by atoms with E-state index in [2.05, 4.69) is 44.9 Å². The van der Waals surface area contributed by atoms with Crippen LogP contribution in [0, 0.1) is 13.8 Å². The summed E-state index contributed by atoms with van der Waals surface area (Å²) in [5, 5.41) is 11.1. The van der Waals surface area contributed by atoms with E-state index in [1.54, 1.807) is 0 Å². The van der Waals surface area contributed by atoms with Crippen molar-refractivity contribution in [2.45, 2.75) is 51.1 Å². The van der Waals surface area contributed by atoms with Crippen molar-refractivity contribution in [3.63, 3.8) is 0 Å². The summed E-state index contributed by atoms with van der Waals surface area (Å²) in [6, 6.07) is 20.5. The van der Waals surface area contributed by atoms with Crippen molar-refractivity contribution in [3.8, 4) is 0 Å². The van der Waals surface area contributed by atoms with Gasteiger partial charge >= 0.3 is 0 Å². The van der Waals surface area contributed by atoms with E-state index < -0.39 is 0 Å². The van der Waals surface area contributed by atoms with Crippen LogP contribution in [0.1, 0.15) is 47.7 Å². The highest BCUT2D eigenvalue weighted by molar-refractivity contribution is 5.93. The molecule has 182 valence electrons. The summed E-state index contributed by atoms with van der Waals surface area (Å²) in [6.07, 6.45) is 2.39. The highest BCUT2D eigenvalue weighted by atomic mass is 16.2. The fraction of sp³-hybridized carbons (Fsp3) is 0.393. The van der Waals surface area contributed by atoms with Gasteiger partial charge in [0, 0.05) is 25.4 Å². The van der Waals surface area contributed by atoms with E-state index in [1.807, 2.05) is 54.9 Å². The molecule has 7 nitrogen and oxygen atoms in total. The Bertz CT molecular complexity index is 1210. The topological polar surface area (TPSA) is 79.3 Å². The van der Waals surface area contributed by atoms with Gasteiger partial charge in [0.25, 0.3) is 0 Å². The minimum atomic E-state index is -0.316. The Kier molecular flexibility index (Phi) is 6.43. The van der Waals surface area contributed by atoms with Crippen LogP contribution in [0.25, 0.3) is 0 Å².